The second-order valence-electron chi connectivity index (χ2n) is 3.38. The first-order valence-corrected chi connectivity index (χ1v) is 4.66. The van der Waals surface area contributed by atoms with Gasteiger partial charge in [-0.1, -0.05) is 6.07 Å². The first-order chi connectivity index (χ1) is 7.52. The van der Waals surface area contributed by atoms with Crippen molar-refractivity contribution in [1.29, 1.82) is 0 Å². The highest BCUT2D eigenvalue weighted by Crippen LogP contribution is 2.38. The molecule has 0 saturated heterocycles. The molecule has 0 spiro atoms. The predicted molar refractivity (Wildman–Crippen MR) is 50.4 cm³/mol. The van der Waals surface area contributed by atoms with Crippen molar-refractivity contribution < 1.29 is 22.6 Å². The van der Waals surface area contributed by atoms with E-state index in [1.165, 1.54) is 25.2 Å². The van der Waals surface area contributed by atoms with Crippen LogP contribution in [-0.4, -0.2) is 20.0 Å². The van der Waals surface area contributed by atoms with Crippen molar-refractivity contribution in [2.24, 2.45) is 0 Å². The minimum atomic E-state index is -4.33. The molecule has 0 bridgehead atoms. The monoisotopic (exact) mass is 233 g/mol. The molecule has 1 aliphatic rings. The average molecular weight is 233 g/mol. The highest BCUT2D eigenvalue weighted by Gasteiger charge is 2.40. The third kappa shape index (κ3) is 1.92. The first kappa shape index (κ1) is 11.1. The van der Waals surface area contributed by atoms with Crippen LogP contribution in [0.4, 0.5) is 13.2 Å². The molecule has 88 valence electrons. The SMILES string of the molecule is CNC(c1ccc2c(c1)OCO2)C(F)(F)F. The maximum atomic E-state index is 12.6. The van der Waals surface area contributed by atoms with Gasteiger partial charge in [0, 0.05) is 0 Å². The minimum Gasteiger partial charge on any atom is -0.454 e. The van der Waals surface area contributed by atoms with Crippen molar-refractivity contribution in [1.82, 2.24) is 5.32 Å². The molecule has 1 aliphatic heterocycles. The Balaban J connectivity index is 2.33. The number of alkyl halides is 3. The molecule has 0 saturated carbocycles. The van der Waals surface area contributed by atoms with E-state index in [9.17, 15) is 13.2 Å². The Hall–Kier alpha value is -1.43. The summed E-state index contributed by atoms with van der Waals surface area (Å²) in [6.07, 6.45) is -4.33. The van der Waals surface area contributed by atoms with E-state index in [1.807, 2.05) is 0 Å². The number of benzene rings is 1. The molecule has 16 heavy (non-hydrogen) atoms. The zero-order valence-corrected chi connectivity index (χ0v) is 8.47. The molecule has 1 aromatic rings. The molecule has 0 radical (unpaired) electrons. The van der Waals surface area contributed by atoms with Gasteiger partial charge in [0.2, 0.25) is 6.79 Å². The van der Waals surface area contributed by atoms with Crippen molar-refractivity contribution in [3.05, 3.63) is 23.8 Å². The van der Waals surface area contributed by atoms with E-state index in [0.717, 1.165) is 0 Å². The lowest BCUT2D eigenvalue weighted by atomic mass is 10.1. The Bertz CT molecular complexity index is 392. The molecule has 1 unspecified atom stereocenters. The summed E-state index contributed by atoms with van der Waals surface area (Å²) in [7, 11) is 1.27. The van der Waals surface area contributed by atoms with Crippen molar-refractivity contribution in [3.63, 3.8) is 0 Å². The molecular formula is C10H10F3NO2. The fourth-order valence-electron chi connectivity index (χ4n) is 1.61. The Morgan fingerprint density at radius 3 is 2.56 bits per heavy atom. The van der Waals surface area contributed by atoms with E-state index in [0.29, 0.717) is 11.5 Å². The summed E-state index contributed by atoms with van der Waals surface area (Å²) >= 11 is 0. The molecule has 3 nitrogen and oxygen atoms in total. The smallest absolute Gasteiger partial charge is 0.407 e. The van der Waals surface area contributed by atoms with E-state index in [1.54, 1.807) is 0 Å². The minimum absolute atomic E-state index is 0.0506. The average Bonchev–Trinajstić information content (AvgIpc) is 2.63. The third-order valence-corrected chi connectivity index (χ3v) is 2.35. The fraction of sp³-hybridized carbons (Fsp3) is 0.400. The van der Waals surface area contributed by atoms with Crippen LogP contribution in [0, 0.1) is 0 Å². The molecule has 1 atom stereocenters. The van der Waals surface area contributed by atoms with Crippen LogP contribution < -0.4 is 14.8 Å². The summed E-state index contributed by atoms with van der Waals surface area (Å²) in [5.41, 5.74) is 0.110. The van der Waals surface area contributed by atoms with Gasteiger partial charge in [-0.2, -0.15) is 13.2 Å². The van der Waals surface area contributed by atoms with Crippen LogP contribution in [0.5, 0.6) is 11.5 Å². The summed E-state index contributed by atoms with van der Waals surface area (Å²) < 4.78 is 47.9. The van der Waals surface area contributed by atoms with Crippen LogP contribution in [-0.2, 0) is 0 Å². The van der Waals surface area contributed by atoms with Crippen LogP contribution in [0.3, 0.4) is 0 Å². The largest absolute Gasteiger partial charge is 0.454 e. The number of hydrogen-bond acceptors (Lipinski definition) is 3. The van der Waals surface area contributed by atoms with E-state index in [2.05, 4.69) is 5.32 Å². The van der Waals surface area contributed by atoms with Crippen molar-refractivity contribution >= 4 is 0 Å². The standard InChI is InChI=1S/C10H10F3NO2/c1-14-9(10(11,12)13)6-2-3-7-8(4-6)16-5-15-7/h2-4,9,14H,5H2,1H3. The normalized spacial score (nSPS) is 16.2. The number of halogens is 3. The summed E-state index contributed by atoms with van der Waals surface area (Å²) in [6, 6.07) is 2.51. The van der Waals surface area contributed by atoms with Crippen molar-refractivity contribution in [2.45, 2.75) is 12.2 Å². The lowest BCUT2D eigenvalue weighted by molar-refractivity contribution is -0.156. The van der Waals surface area contributed by atoms with E-state index < -0.39 is 12.2 Å². The summed E-state index contributed by atoms with van der Waals surface area (Å²) in [5, 5.41) is 2.23. The van der Waals surface area contributed by atoms with Gasteiger partial charge >= 0.3 is 6.18 Å². The zero-order valence-electron chi connectivity index (χ0n) is 8.47. The number of rotatable bonds is 2. The maximum absolute atomic E-state index is 12.6. The third-order valence-electron chi connectivity index (χ3n) is 2.35. The number of nitrogens with one attached hydrogen (secondary N) is 1. The number of ether oxygens (including phenoxy) is 2. The highest BCUT2D eigenvalue weighted by molar-refractivity contribution is 5.45. The van der Waals surface area contributed by atoms with Gasteiger partial charge < -0.3 is 14.8 Å². The van der Waals surface area contributed by atoms with E-state index in [-0.39, 0.29) is 12.4 Å². The van der Waals surface area contributed by atoms with E-state index >= 15 is 0 Å². The van der Waals surface area contributed by atoms with Gasteiger partial charge in [0.25, 0.3) is 0 Å². The lowest BCUT2D eigenvalue weighted by Gasteiger charge is -2.20. The van der Waals surface area contributed by atoms with Gasteiger partial charge in [0.1, 0.15) is 6.04 Å². The van der Waals surface area contributed by atoms with Crippen molar-refractivity contribution in [3.8, 4) is 11.5 Å². The Morgan fingerprint density at radius 1 is 1.25 bits per heavy atom. The van der Waals surface area contributed by atoms with Crippen LogP contribution in [0.25, 0.3) is 0 Å². The Morgan fingerprint density at radius 2 is 1.94 bits per heavy atom. The van der Waals surface area contributed by atoms with Gasteiger partial charge in [0.05, 0.1) is 0 Å². The van der Waals surface area contributed by atoms with Gasteiger partial charge in [0.15, 0.2) is 11.5 Å². The van der Waals surface area contributed by atoms with Gasteiger partial charge in [-0.25, -0.2) is 0 Å². The second kappa shape index (κ2) is 3.86. The fourth-order valence-corrected chi connectivity index (χ4v) is 1.61. The Labute approximate surface area is 90.2 Å². The first-order valence-electron chi connectivity index (χ1n) is 4.66. The van der Waals surface area contributed by atoms with Crippen LogP contribution in [0.15, 0.2) is 18.2 Å². The number of hydrogen-bond donors (Lipinski definition) is 1. The Kier molecular flexibility index (Phi) is 2.67. The molecule has 1 aromatic carbocycles. The van der Waals surface area contributed by atoms with Crippen LogP contribution >= 0.6 is 0 Å². The van der Waals surface area contributed by atoms with Crippen molar-refractivity contribution in [2.75, 3.05) is 13.8 Å². The highest BCUT2D eigenvalue weighted by atomic mass is 19.4. The van der Waals surface area contributed by atoms with Gasteiger partial charge in [-0.15, -0.1) is 0 Å². The summed E-state index contributed by atoms with van der Waals surface area (Å²) in [6.45, 7) is 0.0506. The molecule has 0 aliphatic carbocycles. The van der Waals surface area contributed by atoms with Gasteiger partial charge in [-0.3, -0.25) is 0 Å². The predicted octanol–water partition coefficient (Wildman–Crippen LogP) is 2.24. The maximum Gasteiger partial charge on any atom is 0.407 e. The lowest BCUT2D eigenvalue weighted by Crippen LogP contribution is -2.31. The molecule has 6 heteroatoms. The van der Waals surface area contributed by atoms with E-state index in [4.69, 9.17) is 9.47 Å². The summed E-state index contributed by atoms with van der Waals surface area (Å²) in [4.78, 5) is 0. The topological polar surface area (TPSA) is 30.5 Å². The van der Waals surface area contributed by atoms with Gasteiger partial charge in [-0.05, 0) is 24.7 Å². The molecule has 1 N–H and O–H groups in total. The number of fused-ring (bicyclic) bond motifs is 1. The molecule has 0 fully saturated rings. The second-order valence-corrected chi connectivity index (χ2v) is 3.38. The molecule has 0 aromatic heterocycles. The van der Waals surface area contributed by atoms with Crippen LogP contribution in [0.1, 0.15) is 11.6 Å². The zero-order chi connectivity index (χ0) is 11.8. The molecular weight excluding hydrogens is 223 g/mol. The quantitative estimate of drug-likeness (QED) is 0.849. The van der Waals surface area contributed by atoms with Crippen LogP contribution in [0.2, 0.25) is 0 Å². The summed E-state index contributed by atoms with van der Waals surface area (Å²) in [5.74, 6) is 0.822. The molecule has 0 amide bonds. The molecule has 1 heterocycles. The molecule has 2 rings (SSSR count).